The molecule has 2 saturated carbocycles. The molecule has 0 aliphatic heterocycles. The molecule has 0 atom stereocenters. The van der Waals surface area contributed by atoms with Crippen LogP contribution in [0.25, 0.3) is 0 Å². The first kappa shape index (κ1) is 25.1. The molecule has 2 aliphatic rings. The molecule has 0 heterocycles. The van der Waals surface area contributed by atoms with Crippen LogP contribution in [0.1, 0.15) is 86.8 Å². The van der Waals surface area contributed by atoms with Gasteiger partial charge in [0.05, 0.1) is 19.3 Å². The number of halogens is 3. The van der Waals surface area contributed by atoms with Crippen LogP contribution in [0, 0.1) is 23.4 Å². The van der Waals surface area contributed by atoms with Crippen LogP contribution in [-0.2, 0) is 11.3 Å². The van der Waals surface area contributed by atoms with E-state index >= 15 is 0 Å². The monoisotopic (exact) mass is 476 g/mol. The molecule has 186 valence electrons. The lowest BCUT2D eigenvalue weighted by Crippen LogP contribution is -2.21. The number of aliphatic hydroxyl groups is 1. The van der Waals surface area contributed by atoms with Crippen molar-refractivity contribution >= 4 is 0 Å². The number of ether oxygens (including phenoxy) is 2. The van der Waals surface area contributed by atoms with E-state index in [4.69, 9.17) is 9.47 Å². The Labute approximate surface area is 200 Å². The maximum atomic E-state index is 14.8. The maximum absolute atomic E-state index is 14.8. The largest absolute Gasteiger partial charge is 0.494 e. The molecule has 0 radical (unpaired) electrons. The van der Waals surface area contributed by atoms with E-state index in [9.17, 15) is 18.3 Å². The van der Waals surface area contributed by atoms with Crippen molar-refractivity contribution in [3.05, 3.63) is 64.5 Å². The fraction of sp³-hybridized carbons (Fsp3) is 0.571. The van der Waals surface area contributed by atoms with Gasteiger partial charge in [-0.05, 0) is 93.2 Å². The van der Waals surface area contributed by atoms with Gasteiger partial charge in [0, 0.05) is 18.2 Å². The van der Waals surface area contributed by atoms with Crippen molar-refractivity contribution in [2.24, 2.45) is 5.92 Å². The molecular weight excluding hydrogens is 441 g/mol. The summed E-state index contributed by atoms with van der Waals surface area (Å²) >= 11 is 0. The Morgan fingerprint density at radius 2 is 1.47 bits per heavy atom. The van der Waals surface area contributed by atoms with Gasteiger partial charge in [-0.15, -0.1) is 0 Å². The molecule has 34 heavy (non-hydrogen) atoms. The van der Waals surface area contributed by atoms with E-state index in [0.29, 0.717) is 23.5 Å². The van der Waals surface area contributed by atoms with Crippen LogP contribution < -0.4 is 4.74 Å². The molecule has 2 fully saturated rings. The first-order chi connectivity index (χ1) is 16.5. The standard InChI is InChI=1S/C28H35F3O3/c1-2-33-23-12-14-24(26(29)15-23)19-7-10-22(11-8-19)34-17-21-9-13-25(28(31)27(21)30)20-5-3-18(16-32)4-6-20/h9,12-15,18-20,22,32H,2-8,10-11,16-17H2,1H3. The zero-order valence-electron chi connectivity index (χ0n) is 19.9. The van der Waals surface area contributed by atoms with Crippen LogP contribution >= 0.6 is 0 Å². The molecule has 0 saturated heterocycles. The van der Waals surface area contributed by atoms with E-state index in [1.54, 1.807) is 12.1 Å². The topological polar surface area (TPSA) is 38.7 Å². The van der Waals surface area contributed by atoms with Crippen LogP contribution in [0.4, 0.5) is 13.2 Å². The summed E-state index contributed by atoms with van der Waals surface area (Å²) in [4.78, 5) is 0. The molecule has 6 heteroatoms. The number of rotatable bonds is 8. The zero-order valence-corrected chi connectivity index (χ0v) is 19.9. The molecule has 0 unspecified atom stereocenters. The Morgan fingerprint density at radius 1 is 0.824 bits per heavy atom. The molecular formula is C28H35F3O3. The van der Waals surface area contributed by atoms with Gasteiger partial charge in [0.1, 0.15) is 11.6 Å². The second kappa shape index (κ2) is 11.6. The third kappa shape index (κ3) is 5.77. The molecule has 1 N–H and O–H groups in total. The Kier molecular flexibility index (Phi) is 8.54. The van der Waals surface area contributed by atoms with Gasteiger partial charge in [0.15, 0.2) is 11.6 Å². The summed E-state index contributed by atoms with van der Waals surface area (Å²) < 4.78 is 55.4. The predicted molar refractivity (Wildman–Crippen MR) is 125 cm³/mol. The van der Waals surface area contributed by atoms with Crippen molar-refractivity contribution < 1.29 is 27.8 Å². The molecule has 2 aromatic carbocycles. The summed E-state index contributed by atoms with van der Waals surface area (Å²) in [6, 6.07) is 8.41. The summed E-state index contributed by atoms with van der Waals surface area (Å²) in [5.74, 6) is -0.861. The van der Waals surface area contributed by atoms with Gasteiger partial charge in [-0.2, -0.15) is 0 Å². The molecule has 0 amide bonds. The smallest absolute Gasteiger partial charge is 0.164 e. The van der Waals surface area contributed by atoms with Crippen molar-refractivity contribution in [3.63, 3.8) is 0 Å². The van der Waals surface area contributed by atoms with Crippen LogP contribution in [0.3, 0.4) is 0 Å². The summed E-state index contributed by atoms with van der Waals surface area (Å²) in [5, 5.41) is 9.29. The first-order valence-corrected chi connectivity index (χ1v) is 12.6. The van der Waals surface area contributed by atoms with Gasteiger partial charge in [-0.25, -0.2) is 13.2 Å². The van der Waals surface area contributed by atoms with E-state index in [1.807, 2.05) is 19.1 Å². The summed E-state index contributed by atoms with van der Waals surface area (Å²) in [7, 11) is 0. The number of aliphatic hydroxyl groups excluding tert-OH is 1. The van der Waals surface area contributed by atoms with Crippen molar-refractivity contribution in [3.8, 4) is 5.75 Å². The number of benzene rings is 2. The molecule has 2 aromatic rings. The summed E-state index contributed by atoms with van der Waals surface area (Å²) in [5.41, 5.74) is 1.39. The summed E-state index contributed by atoms with van der Waals surface area (Å²) in [6.07, 6.45) is 6.29. The molecule has 0 bridgehead atoms. The highest BCUT2D eigenvalue weighted by Gasteiger charge is 2.28. The third-order valence-electron chi connectivity index (χ3n) is 7.61. The van der Waals surface area contributed by atoms with Crippen molar-refractivity contribution in [2.45, 2.75) is 82.8 Å². The summed E-state index contributed by atoms with van der Waals surface area (Å²) in [6.45, 7) is 2.57. The van der Waals surface area contributed by atoms with Crippen molar-refractivity contribution in [1.82, 2.24) is 0 Å². The molecule has 0 aromatic heterocycles. The molecule has 3 nitrogen and oxygen atoms in total. The quantitative estimate of drug-likeness (QED) is 0.445. The van der Waals surface area contributed by atoms with E-state index in [0.717, 1.165) is 51.4 Å². The Hall–Kier alpha value is -2.05. The SMILES string of the molecule is CCOc1ccc(C2CCC(OCc3ccc(C4CCC(CO)CC4)c(F)c3F)CC2)c(F)c1. The van der Waals surface area contributed by atoms with Gasteiger partial charge >= 0.3 is 0 Å². The van der Waals surface area contributed by atoms with Crippen molar-refractivity contribution in [2.75, 3.05) is 13.2 Å². The zero-order chi connectivity index (χ0) is 24.1. The highest BCUT2D eigenvalue weighted by atomic mass is 19.2. The molecule has 2 aliphatic carbocycles. The van der Waals surface area contributed by atoms with Gasteiger partial charge < -0.3 is 14.6 Å². The highest BCUT2D eigenvalue weighted by Crippen LogP contribution is 2.39. The van der Waals surface area contributed by atoms with Crippen LogP contribution in [-0.4, -0.2) is 24.4 Å². The lowest BCUT2D eigenvalue weighted by atomic mass is 9.78. The van der Waals surface area contributed by atoms with Crippen LogP contribution in [0.15, 0.2) is 30.3 Å². The van der Waals surface area contributed by atoms with E-state index < -0.39 is 11.6 Å². The Morgan fingerprint density at radius 3 is 2.12 bits per heavy atom. The lowest BCUT2D eigenvalue weighted by Gasteiger charge is -2.29. The van der Waals surface area contributed by atoms with Gasteiger partial charge in [-0.1, -0.05) is 18.2 Å². The normalized spacial score (nSPS) is 25.3. The lowest BCUT2D eigenvalue weighted by molar-refractivity contribution is 0.0116. The molecule has 0 spiro atoms. The van der Waals surface area contributed by atoms with Crippen LogP contribution in [0.5, 0.6) is 5.75 Å². The van der Waals surface area contributed by atoms with E-state index in [-0.39, 0.29) is 48.5 Å². The number of hydrogen-bond donors (Lipinski definition) is 1. The minimum Gasteiger partial charge on any atom is -0.494 e. The van der Waals surface area contributed by atoms with Crippen molar-refractivity contribution in [1.29, 1.82) is 0 Å². The Balaban J connectivity index is 1.30. The average Bonchev–Trinajstić information content (AvgIpc) is 2.86. The van der Waals surface area contributed by atoms with Crippen LogP contribution in [0.2, 0.25) is 0 Å². The van der Waals surface area contributed by atoms with Gasteiger partial charge in [-0.3, -0.25) is 0 Å². The highest BCUT2D eigenvalue weighted by molar-refractivity contribution is 5.32. The average molecular weight is 477 g/mol. The predicted octanol–water partition coefficient (Wildman–Crippen LogP) is 7.01. The fourth-order valence-electron chi connectivity index (χ4n) is 5.53. The van der Waals surface area contributed by atoms with E-state index in [1.165, 1.54) is 6.07 Å². The third-order valence-corrected chi connectivity index (χ3v) is 7.61. The van der Waals surface area contributed by atoms with Gasteiger partial charge in [0.25, 0.3) is 0 Å². The minimum atomic E-state index is -0.813. The Bertz CT molecular complexity index is 948. The maximum Gasteiger partial charge on any atom is 0.164 e. The minimum absolute atomic E-state index is 0.00513. The second-order valence-corrected chi connectivity index (χ2v) is 9.74. The fourth-order valence-corrected chi connectivity index (χ4v) is 5.53. The molecule has 4 rings (SSSR count). The van der Waals surface area contributed by atoms with E-state index in [2.05, 4.69) is 0 Å². The second-order valence-electron chi connectivity index (χ2n) is 9.74. The number of hydrogen-bond acceptors (Lipinski definition) is 3. The first-order valence-electron chi connectivity index (χ1n) is 12.6. The van der Waals surface area contributed by atoms with Gasteiger partial charge in [0.2, 0.25) is 0 Å².